The lowest BCUT2D eigenvalue weighted by Crippen LogP contribution is -2.41. The molecule has 2 aliphatic rings. The second kappa shape index (κ2) is 10.9. The summed E-state index contributed by atoms with van der Waals surface area (Å²) in [4.78, 5) is 26.3. The summed E-state index contributed by atoms with van der Waals surface area (Å²) in [7, 11) is 0. The summed E-state index contributed by atoms with van der Waals surface area (Å²) in [5, 5.41) is 1.80. The van der Waals surface area contributed by atoms with Crippen molar-refractivity contribution in [2.45, 2.75) is 19.4 Å². The van der Waals surface area contributed by atoms with Crippen LogP contribution in [0.15, 0.2) is 42.5 Å². The molecule has 2 aliphatic heterocycles. The molecule has 0 spiro atoms. The number of carbonyl (C=O) groups excluding carboxylic acids is 1. The summed E-state index contributed by atoms with van der Waals surface area (Å²) in [5.41, 5.74) is 7.23. The van der Waals surface area contributed by atoms with Gasteiger partial charge in [0.15, 0.2) is 0 Å². The standard InChI is InChI=1S/C26H31ClN4O4/c1-2-34-26(32)31-11-9-21-22-17-19(27)5-8-23(22)29-24(21)25(31)18-3-6-20(7-4-18)35-28-10-12-30-13-15-33-16-14-30/h3-8,17,25,28-29H,2,9-16H2,1H3. The molecule has 35 heavy (non-hydrogen) atoms. The van der Waals surface area contributed by atoms with Crippen LogP contribution in [0.1, 0.15) is 29.8 Å². The van der Waals surface area contributed by atoms with Crippen molar-refractivity contribution in [3.63, 3.8) is 0 Å². The van der Waals surface area contributed by atoms with Crippen molar-refractivity contribution in [3.05, 3.63) is 64.3 Å². The number of rotatable bonds is 7. The minimum absolute atomic E-state index is 0.285. The second-order valence-electron chi connectivity index (χ2n) is 8.77. The highest BCUT2D eigenvalue weighted by Gasteiger charge is 2.35. The molecule has 1 atom stereocenters. The van der Waals surface area contributed by atoms with E-state index in [4.69, 9.17) is 25.9 Å². The van der Waals surface area contributed by atoms with Crippen LogP contribution < -0.4 is 10.3 Å². The monoisotopic (exact) mass is 498 g/mol. The first-order valence-electron chi connectivity index (χ1n) is 12.2. The number of hydrogen-bond acceptors (Lipinski definition) is 6. The van der Waals surface area contributed by atoms with Crippen LogP contribution >= 0.6 is 11.6 Å². The van der Waals surface area contributed by atoms with Crippen molar-refractivity contribution in [1.82, 2.24) is 20.3 Å². The Labute approximate surface area is 210 Å². The molecule has 3 heterocycles. The van der Waals surface area contributed by atoms with Crippen LogP contribution in [0.25, 0.3) is 10.9 Å². The lowest BCUT2D eigenvalue weighted by molar-refractivity contribution is 0.0342. The first kappa shape index (κ1) is 23.9. The maximum absolute atomic E-state index is 12.9. The Kier molecular flexibility index (Phi) is 7.43. The fourth-order valence-corrected chi connectivity index (χ4v) is 5.06. The molecule has 2 N–H and O–H groups in total. The van der Waals surface area contributed by atoms with E-state index in [1.54, 1.807) is 4.90 Å². The Balaban J connectivity index is 1.34. The third kappa shape index (κ3) is 5.26. The van der Waals surface area contributed by atoms with Gasteiger partial charge in [0, 0.05) is 54.3 Å². The van der Waals surface area contributed by atoms with Crippen LogP contribution in [0.5, 0.6) is 5.75 Å². The van der Waals surface area contributed by atoms with Gasteiger partial charge in [0.2, 0.25) is 0 Å². The van der Waals surface area contributed by atoms with Crippen LogP contribution in [0.2, 0.25) is 5.02 Å². The molecule has 1 aromatic heterocycles. The van der Waals surface area contributed by atoms with Crippen LogP contribution in [0.4, 0.5) is 4.79 Å². The molecule has 0 aliphatic carbocycles. The van der Waals surface area contributed by atoms with Crippen LogP contribution in [0.3, 0.4) is 0 Å². The molecule has 186 valence electrons. The number of hydrogen-bond donors (Lipinski definition) is 2. The lowest BCUT2D eigenvalue weighted by Gasteiger charge is -2.35. The molecule has 5 rings (SSSR count). The van der Waals surface area contributed by atoms with Crippen molar-refractivity contribution in [2.75, 3.05) is 52.5 Å². The Bertz CT molecular complexity index is 1160. The van der Waals surface area contributed by atoms with Gasteiger partial charge in [-0.3, -0.25) is 9.80 Å². The first-order valence-corrected chi connectivity index (χ1v) is 12.5. The van der Waals surface area contributed by atoms with Crippen LogP contribution in [0, 0.1) is 0 Å². The molecule has 2 aromatic carbocycles. The molecule has 1 unspecified atom stereocenters. The van der Waals surface area contributed by atoms with E-state index >= 15 is 0 Å². The van der Waals surface area contributed by atoms with E-state index in [0.29, 0.717) is 18.2 Å². The van der Waals surface area contributed by atoms with Crippen molar-refractivity contribution in [2.24, 2.45) is 0 Å². The number of nitrogens with one attached hydrogen (secondary N) is 2. The van der Waals surface area contributed by atoms with Gasteiger partial charge < -0.3 is 19.3 Å². The predicted molar refractivity (Wildman–Crippen MR) is 135 cm³/mol. The van der Waals surface area contributed by atoms with Gasteiger partial charge in [-0.05, 0) is 54.8 Å². The highest BCUT2D eigenvalue weighted by atomic mass is 35.5. The highest BCUT2D eigenvalue weighted by molar-refractivity contribution is 6.31. The van der Waals surface area contributed by atoms with Gasteiger partial charge in [-0.1, -0.05) is 23.7 Å². The number of H-pyrrole nitrogens is 1. The molecular formula is C26H31ClN4O4. The number of amides is 1. The fourth-order valence-electron chi connectivity index (χ4n) is 4.89. The molecule has 3 aromatic rings. The SMILES string of the molecule is CCOC(=O)N1CCc2c([nH]c3ccc(Cl)cc23)C1c1ccc(ONCCN2CCOCC2)cc1. The quantitative estimate of drug-likeness (QED) is 0.376. The Morgan fingerprint density at radius 2 is 1.97 bits per heavy atom. The number of ether oxygens (including phenoxy) is 2. The van der Waals surface area contributed by atoms with E-state index in [-0.39, 0.29) is 12.1 Å². The third-order valence-corrected chi connectivity index (χ3v) is 6.85. The molecule has 9 heteroatoms. The molecule has 1 fully saturated rings. The van der Waals surface area contributed by atoms with Crippen molar-refractivity contribution < 1.29 is 19.1 Å². The summed E-state index contributed by atoms with van der Waals surface area (Å²) < 4.78 is 10.8. The van der Waals surface area contributed by atoms with E-state index in [2.05, 4.69) is 15.4 Å². The third-order valence-electron chi connectivity index (χ3n) is 6.61. The summed E-state index contributed by atoms with van der Waals surface area (Å²) in [6.45, 7) is 7.85. The molecule has 1 saturated heterocycles. The molecule has 0 radical (unpaired) electrons. The maximum atomic E-state index is 12.9. The van der Waals surface area contributed by atoms with Gasteiger partial charge in [0.1, 0.15) is 11.8 Å². The van der Waals surface area contributed by atoms with Crippen molar-refractivity contribution in [3.8, 4) is 5.75 Å². The fraction of sp³-hybridized carbons (Fsp3) is 0.423. The predicted octanol–water partition coefficient (Wildman–Crippen LogP) is 4.14. The first-order chi connectivity index (χ1) is 17.1. The van der Waals surface area contributed by atoms with E-state index in [1.165, 1.54) is 5.56 Å². The summed E-state index contributed by atoms with van der Waals surface area (Å²) in [6, 6.07) is 13.4. The number of halogens is 1. The van der Waals surface area contributed by atoms with Crippen LogP contribution in [-0.2, 0) is 15.9 Å². The van der Waals surface area contributed by atoms with E-state index in [0.717, 1.165) is 73.7 Å². The number of fused-ring (bicyclic) bond motifs is 3. The normalized spacial score (nSPS) is 18.5. The molecule has 1 amide bonds. The van der Waals surface area contributed by atoms with Gasteiger partial charge in [0.25, 0.3) is 0 Å². The average molecular weight is 499 g/mol. The maximum Gasteiger partial charge on any atom is 0.410 e. The zero-order valence-electron chi connectivity index (χ0n) is 19.9. The minimum atomic E-state index is -0.315. The van der Waals surface area contributed by atoms with E-state index < -0.39 is 0 Å². The molecule has 0 saturated carbocycles. The van der Waals surface area contributed by atoms with E-state index in [1.807, 2.05) is 49.4 Å². The van der Waals surface area contributed by atoms with Crippen molar-refractivity contribution in [1.29, 1.82) is 0 Å². The molecular weight excluding hydrogens is 468 g/mol. The Hall–Kier alpha value is -2.78. The van der Waals surface area contributed by atoms with Gasteiger partial charge >= 0.3 is 6.09 Å². The minimum Gasteiger partial charge on any atom is -0.450 e. The zero-order chi connectivity index (χ0) is 24.2. The smallest absolute Gasteiger partial charge is 0.410 e. The number of nitrogens with zero attached hydrogens (tertiary/aromatic N) is 2. The summed E-state index contributed by atoms with van der Waals surface area (Å²) in [5.74, 6) is 0.720. The van der Waals surface area contributed by atoms with E-state index in [9.17, 15) is 4.79 Å². The highest BCUT2D eigenvalue weighted by Crippen LogP contribution is 2.39. The van der Waals surface area contributed by atoms with Gasteiger partial charge in [-0.15, -0.1) is 0 Å². The summed E-state index contributed by atoms with van der Waals surface area (Å²) in [6.07, 6.45) is 0.420. The van der Waals surface area contributed by atoms with Crippen molar-refractivity contribution >= 4 is 28.6 Å². The second-order valence-corrected chi connectivity index (χ2v) is 9.21. The number of aromatic amines is 1. The Morgan fingerprint density at radius 3 is 2.74 bits per heavy atom. The molecule has 0 bridgehead atoms. The topological polar surface area (TPSA) is 79.1 Å². The van der Waals surface area contributed by atoms with Gasteiger partial charge in [-0.2, -0.15) is 5.48 Å². The average Bonchev–Trinajstić information content (AvgIpc) is 3.25. The van der Waals surface area contributed by atoms with Gasteiger partial charge in [0.05, 0.1) is 19.8 Å². The number of carbonyl (C=O) groups is 1. The molecule has 8 nitrogen and oxygen atoms in total. The summed E-state index contributed by atoms with van der Waals surface area (Å²) >= 11 is 6.28. The lowest BCUT2D eigenvalue weighted by atomic mass is 9.92. The Morgan fingerprint density at radius 1 is 1.17 bits per heavy atom. The number of aromatic nitrogens is 1. The largest absolute Gasteiger partial charge is 0.450 e. The van der Waals surface area contributed by atoms with Crippen LogP contribution in [-0.4, -0.2) is 73.4 Å². The number of hydroxylamine groups is 1. The number of benzene rings is 2. The number of morpholine rings is 1. The zero-order valence-corrected chi connectivity index (χ0v) is 20.6. The van der Waals surface area contributed by atoms with Gasteiger partial charge in [-0.25, -0.2) is 4.79 Å².